The molecule has 2 aromatic heterocycles. The Morgan fingerprint density at radius 3 is 2.33 bits per heavy atom. The lowest BCUT2D eigenvalue weighted by Crippen LogP contribution is -2.41. The van der Waals surface area contributed by atoms with E-state index < -0.39 is 0 Å². The molecule has 0 bridgehead atoms. The Hall–Kier alpha value is -3.64. The second kappa shape index (κ2) is 19.8. The first-order chi connectivity index (χ1) is 22.1. The SMILES string of the molecule is C=C/C(=c1/c(C)nc(-c2ccnc(NC(C)=NC)c2)n/c1=C/C)C1CC1.CC.CC1CCNCC1(C)C.CCCc1ccccc1. The van der Waals surface area contributed by atoms with Gasteiger partial charge in [0.15, 0.2) is 5.82 Å². The van der Waals surface area contributed by atoms with Crippen LogP contribution in [-0.4, -0.2) is 40.9 Å². The molecule has 1 aliphatic carbocycles. The minimum absolute atomic E-state index is 0.526. The summed E-state index contributed by atoms with van der Waals surface area (Å²) in [6.07, 6.45) is 12.0. The lowest BCUT2D eigenvalue weighted by atomic mass is 9.76. The Bertz CT molecular complexity index is 1500. The zero-order valence-corrected chi connectivity index (χ0v) is 30.4. The van der Waals surface area contributed by atoms with E-state index in [9.17, 15) is 0 Å². The molecule has 0 amide bonds. The van der Waals surface area contributed by atoms with Crippen molar-refractivity contribution in [3.8, 4) is 11.4 Å². The summed E-state index contributed by atoms with van der Waals surface area (Å²) in [4.78, 5) is 18.0. The maximum absolute atomic E-state index is 4.82. The largest absolute Gasteiger partial charge is 0.329 e. The number of benzene rings is 1. The number of hydrogen-bond donors (Lipinski definition) is 2. The van der Waals surface area contributed by atoms with Gasteiger partial charge in [0.25, 0.3) is 0 Å². The number of hydrogen-bond acceptors (Lipinski definition) is 5. The van der Waals surface area contributed by atoms with Gasteiger partial charge < -0.3 is 10.6 Å². The van der Waals surface area contributed by atoms with Gasteiger partial charge in [-0.15, -0.1) is 0 Å². The number of nitrogens with zero attached hydrogens (tertiary/aromatic N) is 4. The highest BCUT2D eigenvalue weighted by atomic mass is 15.0. The molecule has 6 heteroatoms. The van der Waals surface area contributed by atoms with Crippen LogP contribution in [0.1, 0.15) is 92.3 Å². The van der Waals surface area contributed by atoms with Crippen molar-refractivity contribution >= 4 is 23.3 Å². The second-order valence-electron chi connectivity index (χ2n) is 12.6. The van der Waals surface area contributed by atoms with Crippen LogP contribution in [0.4, 0.5) is 5.82 Å². The minimum atomic E-state index is 0.526. The number of aryl methyl sites for hydroxylation is 2. The molecule has 1 aromatic carbocycles. The highest BCUT2D eigenvalue weighted by Crippen LogP contribution is 2.37. The van der Waals surface area contributed by atoms with Gasteiger partial charge >= 0.3 is 0 Å². The first kappa shape index (κ1) is 38.5. The van der Waals surface area contributed by atoms with Crippen molar-refractivity contribution in [3.05, 3.63) is 83.1 Å². The van der Waals surface area contributed by atoms with Crippen LogP contribution in [0.5, 0.6) is 0 Å². The van der Waals surface area contributed by atoms with Crippen LogP contribution in [0, 0.1) is 24.2 Å². The molecule has 2 fully saturated rings. The summed E-state index contributed by atoms with van der Waals surface area (Å²) in [6.45, 7) is 25.6. The van der Waals surface area contributed by atoms with Crippen LogP contribution in [0.3, 0.4) is 0 Å². The number of amidine groups is 1. The van der Waals surface area contributed by atoms with E-state index in [0.29, 0.717) is 17.2 Å². The fourth-order valence-electron chi connectivity index (χ4n) is 5.26. The van der Waals surface area contributed by atoms with Crippen LogP contribution in [0.15, 0.2) is 66.3 Å². The van der Waals surface area contributed by atoms with Crippen LogP contribution in [0.2, 0.25) is 0 Å². The number of piperidine rings is 1. The molecule has 250 valence electrons. The van der Waals surface area contributed by atoms with Gasteiger partial charge in [-0.3, -0.25) is 4.99 Å². The topological polar surface area (TPSA) is 75.1 Å². The fraction of sp³-hybridized carbons (Fsp3) is 0.500. The van der Waals surface area contributed by atoms with E-state index >= 15 is 0 Å². The average molecular weight is 625 g/mol. The van der Waals surface area contributed by atoms with Gasteiger partial charge in [0, 0.05) is 36.3 Å². The third-order valence-corrected chi connectivity index (χ3v) is 8.63. The summed E-state index contributed by atoms with van der Waals surface area (Å²) in [5, 5.41) is 8.67. The van der Waals surface area contributed by atoms with Gasteiger partial charge in [0.05, 0.1) is 11.2 Å². The Morgan fingerprint density at radius 1 is 1.11 bits per heavy atom. The number of pyridine rings is 1. The molecule has 0 radical (unpaired) electrons. The van der Waals surface area contributed by atoms with Gasteiger partial charge in [-0.2, -0.15) is 0 Å². The molecule has 5 rings (SSSR count). The molecule has 6 nitrogen and oxygen atoms in total. The molecule has 2 aliphatic rings. The van der Waals surface area contributed by atoms with E-state index in [2.05, 4.69) is 85.2 Å². The molecule has 1 saturated carbocycles. The molecule has 2 N–H and O–H groups in total. The Labute approximate surface area is 279 Å². The van der Waals surface area contributed by atoms with Crippen molar-refractivity contribution in [3.63, 3.8) is 0 Å². The van der Waals surface area contributed by atoms with Crippen molar-refractivity contribution in [2.45, 2.75) is 94.4 Å². The molecular formula is C40H60N6. The second-order valence-corrected chi connectivity index (χ2v) is 12.6. The number of nitrogens with one attached hydrogen (secondary N) is 2. The van der Waals surface area contributed by atoms with Gasteiger partial charge in [0.2, 0.25) is 0 Å². The predicted octanol–water partition coefficient (Wildman–Crippen LogP) is 8.16. The molecule has 3 aromatic rings. The van der Waals surface area contributed by atoms with E-state index in [1.807, 2.05) is 58.9 Å². The van der Waals surface area contributed by atoms with E-state index in [-0.39, 0.29) is 0 Å². The fourth-order valence-corrected chi connectivity index (χ4v) is 5.26. The summed E-state index contributed by atoms with van der Waals surface area (Å²) in [6, 6.07) is 14.4. The van der Waals surface area contributed by atoms with E-state index in [0.717, 1.165) is 39.4 Å². The van der Waals surface area contributed by atoms with Gasteiger partial charge in [0.1, 0.15) is 5.82 Å². The highest BCUT2D eigenvalue weighted by molar-refractivity contribution is 5.92. The molecule has 46 heavy (non-hydrogen) atoms. The van der Waals surface area contributed by atoms with Gasteiger partial charge in [-0.1, -0.05) is 97.0 Å². The Balaban J connectivity index is 0.000000299. The van der Waals surface area contributed by atoms with E-state index in [1.54, 1.807) is 13.2 Å². The van der Waals surface area contributed by atoms with Crippen molar-refractivity contribution in [2.75, 3.05) is 25.5 Å². The molecule has 1 unspecified atom stereocenters. The normalized spacial score (nSPS) is 18.0. The van der Waals surface area contributed by atoms with Crippen molar-refractivity contribution in [2.24, 2.45) is 22.2 Å². The summed E-state index contributed by atoms with van der Waals surface area (Å²) < 4.78 is 0. The zero-order valence-electron chi connectivity index (χ0n) is 30.4. The first-order valence-corrected chi connectivity index (χ1v) is 17.2. The van der Waals surface area contributed by atoms with Crippen LogP contribution >= 0.6 is 0 Å². The maximum atomic E-state index is 4.82. The van der Waals surface area contributed by atoms with Crippen LogP contribution in [-0.2, 0) is 6.42 Å². The molecule has 1 atom stereocenters. The standard InChI is InChI=1S/C21H25N5.C9H12.C8H17N.C2H6/c1-6-17(15-8-9-15)20-13(3)24-21(26-18(20)7-2)16-10-11-23-19(12-16)25-14(4)22-5;1-2-6-9-7-4-3-5-8-9;1-7-4-5-9-6-8(7,2)3;1-2/h6-7,10-12,15H,1,8-9H2,2-5H3,(H,22,23,25);3-5,7-8H,2,6H2,1H3;7,9H,4-6H2,1-3H3;1-2H3/b18-7+,20-17+;;;. The quantitative estimate of drug-likeness (QED) is 0.214. The monoisotopic (exact) mass is 624 g/mol. The molecule has 1 saturated heterocycles. The molecule has 3 heterocycles. The third kappa shape index (κ3) is 11.9. The number of rotatable bonds is 6. The number of allylic oxidation sites excluding steroid dienone is 1. The van der Waals surface area contributed by atoms with Gasteiger partial charge in [-0.05, 0) is 93.5 Å². The Kier molecular flexibility index (Phi) is 16.6. The van der Waals surface area contributed by atoms with Crippen molar-refractivity contribution < 1.29 is 0 Å². The summed E-state index contributed by atoms with van der Waals surface area (Å²) in [5.74, 6) is 3.73. The predicted molar refractivity (Wildman–Crippen MR) is 201 cm³/mol. The van der Waals surface area contributed by atoms with Crippen LogP contribution < -0.4 is 21.2 Å². The smallest absolute Gasteiger partial charge is 0.160 e. The van der Waals surface area contributed by atoms with Crippen LogP contribution in [0.25, 0.3) is 23.0 Å². The summed E-state index contributed by atoms with van der Waals surface area (Å²) in [7, 11) is 1.74. The zero-order chi connectivity index (χ0) is 34.1. The molecule has 1 aliphatic heterocycles. The third-order valence-electron chi connectivity index (χ3n) is 8.63. The summed E-state index contributed by atoms with van der Waals surface area (Å²) >= 11 is 0. The first-order valence-electron chi connectivity index (χ1n) is 17.2. The highest BCUT2D eigenvalue weighted by Gasteiger charge is 2.28. The number of anilines is 1. The minimum Gasteiger partial charge on any atom is -0.329 e. The van der Waals surface area contributed by atoms with Gasteiger partial charge in [-0.25, -0.2) is 15.0 Å². The number of aromatic nitrogens is 3. The van der Waals surface area contributed by atoms with Crippen molar-refractivity contribution in [1.82, 2.24) is 20.3 Å². The molecular weight excluding hydrogens is 564 g/mol. The summed E-state index contributed by atoms with van der Waals surface area (Å²) in [5.41, 5.74) is 5.16. The number of aliphatic imine (C=N–C) groups is 1. The van der Waals surface area contributed by atoms with E-state index in [4.69, 9.17) is 9.97 Å². The van der Waals surface area contributed by atoms with E-state index in [1.165, 1.54) is 56.3 Å². The lowest BCUT2D eigenvalue weighted by molar-refractivity contribution is 0.172. The Morgan fingerprint density at radius 2 is 1.80 bits per heavy atom. The average Bonchev–Trinajstić information content (AvgIpc) is 3.91. The lowest BCUT2D eigenvalue weighted by Gasteiger charge is -2.36. The maximum Gasteiger partial charge on any atom is 0.160 e. The van der Waals surface area contributed by atoms with Crippen molar-refractivity contribution in [1.29, 1.82) is 0 Å². The molecule has 0 spiro atoms.